The summed E-state index contributed by atoms with van der Waals surface area (Å²) in [7, 11) is 0. The molecule has 9 heavy (non-hydrogen) atoms. The van der Waals surface area contributed by atoms with Crippen molar-refractivity contribution in [2.24, 2.45) is 5.29 Å². The first kappa shape index (κ1) is 8.32. The molecule has 0 bridgehead atoms. The monoisotopic (exact) mass is 134 g/mol. The Morgan fingerprint density at radius 3 is 2.78 bits per heavy atom. The minimum atomic E-state index is -0.155. The highest BCUT2D eigenvalue weighted by Crippen LogP contribution is 1.89. The van der Waals surface area contributed by atoms with E-state index in [2.05, 4.69) is 10.2 Å². The SMILES string of the molecule is CCCN(COO)N=O. The van der Waals surface area contributed by atoms with Gasteiger partial charge in [0.05, 0.1) is 5.29 Å². The van der Waals surface area contributed by atoms with Gasteiger partial charge in [0.2, 0.25) is 0 Å². The maximum atomic E-state index is 9.77. The van der Waals surface area contributed by atoms with Gasteiger partial charge in [0.1, 0.15) is 0 Å². The van der Waals surface area contributed by atoms with Crippen LogP contribution in [0.25, 0.3) is 0 Å². The Balaban J connectivity index is 3.29. The molecule has 0 heterocycles. The topological polar surface area (TPSA) is 62.1 Å². The Hall–Kier alpha value is -0.680. The van der Waals surface area contributed by atoms with Crippen molar-refractivity contribution >= 4 is 0 Å². The van der Waals surface area contributed by atoms with Crippen molar-refractivity contribution < 1.29 is 10.1 Å². The molecule has 0 saturated carbocycles. The van der Waals surface area contributed by atoms with E-state index in [0.717, 1.165) is 11.4 Å². The van der Waals surface area contributed by atoms with Crippen LogP contribution < -0.4 is 0 Å². The molecule has 0 aliphatic heterocycles. The lowest BCUT2D eigenvalue weighted by Gasteiger charge is -2.09. The Labute approximate surface area is 53.1 Å². The predicted molar refractivity (Wildman–Crippen MR) is 31.4 cm³/mol. The van der Waals surface area contributed by atoms with Gasteiger partial charge in [-0.2, -0.15) is 0 Å². The standard InChI is InChI=1S/C4H10N2O3/c1-2-3-6(5-7)4-9-8/h8H,2-4H2,1H3. The van der Waals surface area contributed by atoms with Gasteiger partial charge in [-0.3, -0.25) is 0 Å². The van der Waals surface area contributed by atoms with Gasteiger partial charge in [0.15, 0.2) is 6.73 Å². The van der Waals surface area contributed by atoms with Gasteiger partial charge in [-0.1, -0.05) is 6.92 Å². The van der Waals surface area contributed by atoms with Crippen molar-refractivity contribution in [3.8, 4) is 0 Å². The van der Waals surface area contributed by atoms with Crippen molar-refractivity contribution in [3.63, 3.8) is 0 Å². The third-order valence-corrected chi connectivity index (χ3v) is 0.804. The van der Waals surface area contributed by atoms with Crippen LogP contribution in [0.15, 0.2) is 5.29 Å². The molecular formula is C4H10N2O3. The van der Waals surface area contributed by atoms with Gasteiger partial charge in [-0.05, 0) is 6.42 Å². The highest BCUT2D eigenvalue weighted by atomic mass is 17.1. The lowest BCUT2D eigenvalue weighted by Crippen LogP contribution is -2.19. The molecule has 0 aromatic carbocycles. The average Bonchev–Trinajstić information content (AvgIpc) is 1.88. The van der Waals surface area contributed by atoms with E-state index in [1.807, 2.05) is 6.92 Å². The Kier molecular flexibility index (Phi) is 5.04. The number of nitrogens with zero attached hydrogens (tertiary/aromatic N) is 2. The van der Waals surface area contributed by atoms with E-state index in [0.29, 0.717) is 6.54 Å². The van der Waals surface area contributed by atoms with E-state index in [1.54, 1.807) is 0 Å². The molecule has 0 aromatic rings. The van der Waals surface area contributed by atoms with Gasteiger partial charge >= 0.3 is 0 Å². The Morgan fingerprint density at radius 2 is 2.44 bits per heavy atom. The van der Waals surface area contributed by atoms with Gasteiger partial charge in [-0.25, -0.2) is 15.2 Å². The molecule has 0 saturated heterocycles. The molecule has 0 unspecified atom stereocenters. The summed E-state index contributed by atoms with van der Waals surface area (Å²) in [6.45, 7) is 2.25. The summed E-state index contributed by atoms with van der Waals surface area (Å²) < 4.78 is 0. The smallest absolute Gasteiger partial charge is 0.172 e. The fourth-order valence-corrected chi connectivity index (χ4v) is 0.454. The molecule has 1 N–H and O–H groups in total. The first-order valence-electron chi connectivity index (χ1n) is 2.69. The van der Waals surface area contributed by atoms with Crippen LogP contribution >= 0.6 is 0 Å². The van der Waals surface area contributed by atoms with E-state index in [4.69, 9.17) is 5.26 Å². The fourth-order valence-electron chi connectivity index (χ4n) is 0.454. The van der Waals surface area contributed by atoms with E-state index in [9.17, 15) is 4.91 Å². The normalized spacial score (nSPS) is 9.11. The van der Waals surface area contributed by atoms with Crippen molar-refractivity contribution in [3.05, 3.63) is 4.91 Å². The van der Waals surface area contributed by atoms with Crippen molar-refractivity contribution in [1.29, 1.82) is 0 Å². The third-order valence-electron chi connectivity index (χ3n) is 0.804. The second-order valence-electron chi connectivity index (χ2n) is 1.57. The lowest BCUT2D eigenvalue weighted by atomic mass is 10.5. The molecule has 0 spiro atoms. The van der Waals surface area contributed by atoms with Crippen molar-refractivity contribution in [2.75, 3.05) is 13.3 Å². The molecule has 5 heteroatoms. The quantitative estimate of drug-likeness (QED) is 0.262. The molecule has 0 aliphatic rings. The van der Waals surface area contributed by atoms with E-state index in [1.165, 1.54) is 0 Å². The summed E-state index contributed by atoms with van der Waals surface area (Å²) >= 11 is 0. The van der Waals surface area contributed by atoms with Gasteiger partial charge in [0, 0.05) is 6.54 Å². The summed E-state index contributed by atoms with van der Waals surface area (Å²) in [6, 6.07) is 0. The number of nitroso groups, excluding NO2 is 1. The predicted octanol–water partition coefficient (Wildman–Crippen LogP) is 0.827. The zero-order valence-corrected chi connectivity index (χ0v) is 5.28. The van der Waals surface area contributed by atoms with Gasteiger partial charge in [0.25, 0.3) is 0 Å². The Bertz CT molecular complexity index is 72.2. The van der Waals surface area contributed by atoms with Crippen LogP contribution in [0.1, 0.15) is 13.3 Å². The van der Waals surface area contributed by atoms with Gasteiger partial charge in [-0.15, -0.1) is 4.91 Å². The third kappa shape index (κ3) is 3.87. The van der Waals surface area contributed by atoms with Gasteiger partial charge < -0.3 is 0 Å². The highest BCUT2D eigenvalue weighted by Gasteiger charge is 1.97. The molecule has 0 amide bonds. The first-order chi connectivity index (χ1) is 4.35. The number of hydrogen-bond donors (Lipinski definition) is 1. The zero-order chi connectivity index (χ0) is 7.11. The van der Waals surface area contributed by atoms with Crippen LogP contribution in [0.4, 0.5) is 0 Å². The van der Waals surface area contributed by atoms with Crippen LogP contribution in [0.2, 0.25) is 0 Å². The minimum Gasteiger partial charge on any atom is -0.250 e. The summed E-state index contributed by atoms with van der Waals surface area (Å²) in [5.74, 6) is 0. The summed E-state index contributed by atoms with van der Waals surface area (Å²) in [6.07, 6.45) is 0.801. The van der Waals surface area contributed by atoms with E-state index < -0.39 is 0 Å². The van der Waals surface area contributed by atoms with Crippen LogP contribution in [0, 0.1) is 4.91 Å². The average molecular weight is 134 g/mol. The molecule has 0 aliphatic carbocycles. The van der Waals surface area contributed by atoms with E-state index >= 15 is 0 Å². The van der Waals surface area contributed by atoms with Crippen LogP contribution in [0.5, 0.6) is 0 Å². The van der Waals surface area contributed by atoms with Crippen molar-refractivity contribution in [1.82, 2.24) is 5.01 Å². The highest BCUT2D eigenvalue weighted by molar-refractivity contribution is 4.40. The summed E-state index contributed by atoms with van der Waals surface area (Å²) in [5.41, 5.74) is 0. The molecule has 0 radical (unpaired) electrons. The molecule has 0 atom stereocenters. The second-order valence-corrected chi connectivity index (χ2v) is 1.57. The molecule has 0 aromatic heterocycles. The van der Waals surface area contributed by atoms with Crippen molar-refractivity contribution in [2.45, 2.75) is 13.3 Å². The summed E-state index contributed by atoms with van der Waals surface area (Å²) in [5, 5.41) is 11.5. The summed E-state index contributed by atoms with van der Waals surface area (Å²) in [4.78, 5) is 13.4. The first-order valence-corrected chi connectivity index (χ1v) is 2.69. The number of hydrogen-bond acceptors (Lipinski definition) is 4. The lowest BCUT2D eigenvalue weighted by molar-refractivity contribution is -0.269. The van der Waals surface area contributed by atoms with Crippen LogP contribution in [0.3, 0.4) is 0 Å². The zero-order valence-electron chi connectivity index (χ0n) is 5.28. The molecule has 54 valence electrons. The van der Waals surface area contributed by atoms with E-state index in [-0.39, 0.29) is 6.73 Å². The molecule has 0 fully saturated rings. The largest absolute Gasteiger partial charge is 0.250 e. The fraction of sp³-hybridized carbons (Fsp3) is 1.00. The van der Waals surface area contributed by atoms with Crippen LogP contribution in [-0.4, -0.2) is 23.5 Å². The maximum Gasteiger partial charge on any atom is 0.172 e. The molecule has 5 nitrogen and oxygen atoms in total. The van der Waals surface area contributed by atoms with Crippen LogP contribution in [-0.2, 0) is 4.89 Å². The Morgan fingerprint density at radius 1 is 1.78 bits per heavy atom. The molecular weight excluding hydrogens is 124 g/mol. The molecule has 0 rings (SSSR count). The minimum absolute atomic E-state index is 0.155. The maximum absolute atomic E-state index is 9.77. The number of rotatable bonds is 5. The second kappa shape index (κ2) is 5.46.